The number of amides is 1. The summed E-state index contributed by atoms with van der Waals surface area (Å²) in [6.45, 7) is 0.878. The molecule has 1 aromatic heterocycles. The molecule has 0 aliphatic carbocycles. The number of thioether (sulfide) groups is 1. The molecular formula is C25H23N3O3S. The van der Waals surface area contributed by atoms with Crippen LogP contribution in [0.2, 0.25) is 0 Å². The number of nitrogens with zero attached hydrogens (tertiary/aromatic N) is 2. The number of carbonyl (C=O) groups is 1. The van der Waals surface area contributed by atoms with E-state index in [0.29, 0.717) is 18.7 Å². The summed E-state index contributed by atoms with van der Waals surface area (Å²) in [5.41, 5.74) is 3.79. The van der Waals surface area contributed by atoms with Gasteiger partial charge in [0.2, 0.25) is 0 Å². The van der Waals surface area contributed by atoms with Crippen molar-refractivity contribution in [2.24, 2.45) is 0 Å². The van der Waals surface area contributed by atoms with Crippen LogP contribution in [-0.2, 0) is 5.75 Å². The molecule has 2 heterocycles. The van der Waals surface area contributed by atoms with Crippen molar-refractivity contribution in [1.29, 1.82) is 0 Å². The van der Waals surface area contributed by atoms with Crippen molar-refractivity contribution in [3.05, 3.63) is 83.9 Å². The van der Waals surface area contributed by atoms with E-state index in [1.807, 2.05) is 72.8 Å². The zero-order valence-corrected chi connectivity index (χ0v) is 18.5. The zero-order chi connectivity index (χ0) is 21.9. The van der Waals surface area contributed by atoms with Gasteiger partial charge in [0.1, 0.15) is 6.61 Å². The third kappa shape index (κ3) is 4.43. The number of nitrogens with one attached hydrogen (secondary N) is 1. The Morgan fingerprint density at radius 3 is 2.62 bits per heavy atom. The van der Waals surface area contributed by atoms with Crippen LogP contribution < -0.4 is 9.47 Å². The van der Waals surface area contributed by atoms with Crippen molar-refractivity contribution in [2.75, 3.05) is 20.2 Å². The molecule has 0 saturated carbocycles. The van der Waals surface area contributed by atoms with E-state index in [1.165, 1.54) is 0 Å². The average molecular weight is 446 g/mol. The summed E-state index contributed by atoms with van der Waals surface area (Å²) in [5.74, 6) is 2.20. The minimum Gasteiger partial charge on any atom is -0.486 e. The van der Waals surface area contributed by atoms with Gasteiger partial charge < -0.3 is 19.4 Å². The second kappa shape index (κ2) is 8.96. The number of para-hydroxylation sites is 4. The number of benzene rings is 3. The van der Waals surface area contributed by atoms with Gasteiger partial charge in [0.25, 0.3) is 5.91 Å². The highest BCUT2D eigenvalue weighted by molar-refractivity contribution is 7.98. The Bertz CT molecular complexity index is 1210. The van der Waals surface area contributed by atoms with Crippen LogP contribution in [0.5, 0.6) is 11.5 Å². The molecule has 0 bridgehead atoms. The average Bonchev–Trinajstić information content (AvgIpc) is 3.25. The van der Waals surface area contributed by atoms with Gasteiger partial charge in [-0.05, 0) is 42.0 Å². The van der Waals surface area contributed by atoms with Gasteiger partial charge in [-0.25, -0.2) is 4.98 Å². The summed E-state index contributed by atoms with van der Waals surface area (Å²) in [6.07, 6.45) is -0.196. The molecule has 5 rings (SSSR count). The topological polar surface area (TPSA) is 67.5 Å². The van der Waals surface area contributed by atoms with E-state index < -0.39 is 0 Å². The molecule has 4 aromatic rings. The summed E-state index contributed by atoms with van der Waals surface area (Å²) >= 11 is 1.65. The number of carbonyl (C=O) groups excluding carboxylic acids is 1. The maximum absolute atomic E-state index is 12.9. The van der Waals surface area contributed by atoms with Gasteiger partial charge in [-0.2, -0.15) is 0 Å². The van der Waals surface area contributed by atoms with Crippen molar-refractivity contribution >= 4 is 28.7 Å². The van der Waals surface area contributed by atoms with E-state index >= 15 is 0 Å². The Kier molecular flexibility index (Phi) is 5.73. The highest BCUT2D eigenvalue weighted by Gasteiger charge is 2.24. The number of H-pyrrole nitrogens is 1. The number of ether oxygens (including phenoxy) is 2. The number of aromatic nitrogens is 2. The van der Waals surface area contributed by atoms with Gasteiger partial charge in [-0.1, -0.05) is 48.2 Å². The van der Waals surface area contributed by atoms with Crippen LogP contribution in [0.4, 0.5) is 0 Å². The van der Waals surface area contributed by atoms with Gasteiger partial charge in [0.15, 0.2) is 22.8 Å². The van der Waals surface area contributed by atoms with Gasteiger partial charge in [-0.15, -0.1) is 0 Å². The molecule has 162 valence electrons. The fourth-order valence-corrected chi connectivity index (χ4v) is 4.50. The lowest BCUT2D eigenvalue weighted by Gasteiger charge is -2.29. The predicted molar refractivity (Wildman–Crippen MR) is 125 cm³/mol. The highest BCUT2D eigenvalue weighted by atomic mass is 32.2. The summed E-state index contributed by atoms with van der Waals surface area (Å²) in [7, 11) is 1.79. The van der Waals surface area contributed by atoms with Crippen LogP contribution in [0.25, 0.3) is 11.0 Å². The van der Waals surface area contributed by atoms with Crippen LogP contribution in [-0.4, -0.2) is 47.1 Å². The molecule has 3 aromatic carbocycles. The van der Waals surface area contributed by atoms with Gasteiger partial charge in [-0.3, -0.25) is 4.79 Å². The minimum atomic E-state index is -0.196. The largest absolute Gasteiger partial charge is 0.486 e. The molecule has 0 fully saturated rings. The van der Waals surface area contributed by atoms with Crippen LogP contribution in [0.3, 0.4) is 0 Å². The Morgan fingerprint density at radius 2 is 1.81 bits per heavy atom. The molecule has 1 atom stereocenters. The molecule has 1 N–H and O–H groups in total. The molecule has 1 unspecified atom stereocenters. The highest BCUT2D eigenvalue weighted by Crippen LogP contribution is 2.31. The predicted octanol–water partition coefficient (Wildman–Crippen LogP) is 4.77. The molecule has 1 aliphatic rings. The van der Waals surface area contributed by atoms with Crippen molar-refractivity contribution in [3.8, 4) is 11.5 Å². The first-order chi connectivity index (χ1) is 15.7. The van der Waals surface area contributed by atoms with E-state index in [0.717, 1.165) is 39.0 Å². The number of fused-ring (bicyclic) bond motifs is 2. The lowest BCUT2D eigenvalue weighted by Crippen LogP contribution is -2.41. The number of hydrogen-bond donors (Lipinski definition) is 1. The molecule has 7 heteroatoms. The monoisotopic (exact) mass is 445 g/mol. The molecule has 1 amide bonds. The lowest BCUT2D eigenvalue weighted by molar-refractivity contribution is 0.0521. The molecule has 6 nitrogen and oxygen atoms in total. The van der Waals surface area contributed by atoms with Gasteiger partial charge in [0, 0.05) is 18.4 Å². The number of rotatable bonds is 6. The van der Waals surface area contributed by atoms with Gasteiger partial charge in [0.05, 0.1) is 17.6 Å². The maximum atomic E-state index is 12.9. The Hall–Kier alpha value is -3.45. The fraction of sp³-hybridized carbons (Fsp3) is 0.200. The summed E-state index contributed by atoms with van der Waals surface area (Å²) in [4.78, 5) is 22.5. The van der Waals surface area contributed by atoms with Crippen molar-refractivity contribution in [1.82, 2.24) is 14.9 Å². The van der Waals surface area contributed by atoms with E-state index in [2.05, 4.69) is 9.97 Å². The second-order valence-electron chi connectivity index (χ2n) is 7.73. The van der Waals surface area contributed by atoms with Gasteiger partial charge >= 0.3 is 0 Å². The number of aromatic amines is 1. The quantitative estimate of drug-likeness (QED) is 0.433. The molecule has 0 radical (unpaired) electrons. The number of imidazole rings is 1. The lowest BCUT2D eigenvalue weighted by atomic mass is 10.1. The molecule has 1 aliphatic heterocycles. The first-order valence-electron chi connectivity index (χ1n) is 10.5. The first-order valence-corrected chi connectivity index (χ1v) is 11.4. The Balaban J connectivity index is 1.16. The zero-order valence-electron chi connectivity index (χ0n) is 17.7. The number of likely N-dealkylation sites (N-methyl/N-ethyl adjacent to an activating group) is 1. The maximum Gasteiger partial charge on any atom is 0.253 e. The summed E-state index contributed by atoms with van der Waals surface area (Å²) < 4.78 is 11.7. The smallest absolute Gasteiger partial charge is 0.253 e. The second-order valence-corrected chi connectivity index (χ2v) is 8.69. The third-order valence-electron chi connectivity index (χ3n) is 5.34. The van der Waals surface area contributed by atoms with Crippen LogP contribution >= 0.6 is 11.8 Å². The van der Waals surface area contributed by atoms with E-state index in [4.69, 9.17) is 9.47 Å². The Labute approximate surface area is 190 Å². The van der Waals surface area contributed by atoms with Crippen LogP contribution in [0, 0.1) is 0 Å². The molecular weight excluding hydrogens is 422 g/mol. The van der Waals surface area contributed by atoms with Crippen LogP contribution in [0.1, 0.15) is 15.9 Å². The molecule has 0 spiro atoms. The third-order valence-corrected chi connectivity index (χ3v) is 6.28. The van der Waals surface area contributed by atoms with Crippen molar-refractivity contribution in [2.45, 2.75) is 17.0 Å². The van der Waals surface area contributed by atoms with E-state index in [-0.39, 0.29) is 12.0 Å². The standard InChI is InChI=1S/C25H23N3O3S/c1-28(14-19-15-30-22-8-4-5-9-23(22)31-19)24(29)18-12-10-17(11-13-18)16-32-25-26-20-6-2-3-7-21(20)27-25/h2-13,19H,14-16H2,1H3,(H,26,27). The SMILES string of the molecule is CN(CC1COc2ccccc2O1)C(=O)c1ccc(CSc2nc3ccccc3[nH]2)cc1. The summed E-state index contributed by atoms with van der Waals surface area (Å²) in [6, 6.07) is 23.3. The normalized spacial score (nSPS) is 15.0. The van der Waals surface area contributed by atoms with E-state index in [9.17, 15) is 4.79 Å². The van der Waals surface area contributed by atoms with Crippen molar-refractivity contribution in [3.63, 3.8) is 0 Å². The minimum absolute atomic E-state index is 0.0380. The summed E-state index contributed by atoms with van der Waals surface area (Å²) in [5, 5.41) is 0.891. The molecule has 32 heavy (non-hydrogen) atoms. The fourth-order valence-electron chi connectivity index (χ4n) is 3.65. The van der Waals surface area contributed by atoms with Crippen LogP contribution in [0.15, 0.2) is 78.0 Å². The Morgan fingerprint density at radius 1 is 1.06 bits per heavy atom. The molecule has 0 saturated heterocycles. The van der Waals surface area contributed by atoms with Crippen molar-refractivity contribution < 1.29 is 14.3 Å². The first kappa shape index (κ1) is 20.5. The van der Waals surface area contributed by atoms with E-state index in [1.54, 1.807) is 23.7 Å². The number of hydrogen-bond acceptors (Lipinski definition) is 5.